The molecule has 0 aliphatic rings. The Hall–Kier alpha value is -5.57. The summed E-state index contributed by atoms with van der Waals surface area (Å²) in [5, 5.41) is 11.5. The summed E-state index contributed by atoms with van der Waals surface area (Å²) < 4.78 is 5.28. The van der Waals surface area contributed by atoms with Gasteiger partial charge in [-0.05, 0) is 54.1 Å². The minimum atomic E-state index is -0.202. The van der Waals surface area contributed by atoms with Gasteiger partial charge in [-0.3, -0.25) is 14.9 Å². The highest BCUT2D eigenvalue weighted by atomic mass is 16.3. The monoisotopic (exact) mass is 497 g/mol. The van der Waals surface area contributed by atoms with Crippen LogP contribution in [0.1, 0.15) is 10.4 Å². The highest BCUT2D eigenvalue weighted by molar-refractivity contribution is 6.04. The SMILES string of the molecule is O=C(Nc1cncc(-c2ccc3[nH]nc(-c4cc5c(-c6ccoc6)ccnc5[nH]4)c3n2)c1)c1ccccc1. The maximum absolute atomic E-state index is 12.6. The highest BCUT2D eigenvalue weighted by Crippen LogP contribution is 2.33. The van der Waals surface area contributed by atoms with Crippen molar-refractivity contribution >= 4 is 33.7 Å². The first kappa shape index (κ1) is 21.7. The first-order valence-corrected chi connectivity index (χ1v) is 11.9. The second-order valence-electron chi connectivity index (χ2n) is 8.76. The fraction of sp³-hybridized carbons (Fsp3) is 0. The number of rotatable bonds is 5. The molecular formula is C29H19N7O2. The summed E-state index contributed by atoms with van der Waals surface area (Å²) in [5.74, 6) is -0.202. The van der Waals surface area contributed by atoms with Crippen molar-refractivity contribution in [3.05, 3.63) is 103 Å². The predicted octanol–water partition coefficient (Wildman–Crippen LogP) is 6.08. The summed E-state index contributed by atoms with van der Waals surface area (Å²) in [6.45, 7) is 0. The molecule has 0 unspecified atom stereocenters. The molecule has 6 aromatic heterocycles. The molecule has 0 bridgehead atoms. The summed E-state index contributed by atoms with van der Waals surface area (Å²) in [6, 6.07) is 20.6. The van der Waals surface area contributed by atoms with Gasteiger partial charge in [-0.1, -0.05) is 18.2 Å². The maximum atomic E-state index is 12.6. The molecule has 0 aliphatic carbocycles. The standard InChI is InChI=1S/C29H19N7O2/c37-29(17-4-2-1-3-5-17)32-20-12-19(14-30-15-20)23-6-7-24-26(33-23)27(36-35-24)25-13-22-21(18-9-11-38-16-18)8-10-31-28(22)34-25/h1-16H,(H,31,34)(H,32,37)(H,35,36). The second-order valence-corrected chi connectivity index (χ2v) is 8.76. The van der Waals surface area contributed by atoms with E-state index < -0.39 is 0 Å². The van der Waals surface area contributed by atoms with Crippen molar-refractivity contribution in [1.29, 1.82) is 0 Å². The Morgan fingerprint density at radius 1 is 0.947 bits per heavy atom. The Morgan fingerprint density at radius 3 is 2.74 bits per heavy atom. The van der Waals surface area contributed by atoms with Gasteiger partial charge in [0.05, 0.1) is 41.3 Å². The van der Waals surface area contributed by atoms with Gasteiger partial charge >= 0.3 is 0 Å². The van der Waals surface area contributed by atoms with Crippen LogP contribution in [0.2, 0.25) is 0 Å². The molecule has 1 amide bonds. The van der Waals surface area contributed by atoms with Gasteiger partial charge in [0.15, 0.2) is 0 Å². The lowest BCUT2D eigenvalue weighted by atomic mass is 10.1. The number of pyridine rings is 3. The largest absolute Gasteiger partial charge is 0.472 e. The molecular weight excluding hydrogens is 478 g/mol. The van der Waals surface area contributed by atoms with Crippen LogP contribution in [0.4, 0.5) is 5.69 Å². The van der Waals surface area contributed by atoms with E-state index in [0.717, 1.165) is 38.9 Å². The number of anilines is 1. The van der Waals surface area contributed by atoms with Crippen LogP contribution in [0.3, 0.4) is 0 Å². The number of nitrogens with zero attached hydrogens (tertiary/aromatic N) is 4. The highest BCUT2D eigenvalue weighted by Gasteiger charge is 2.16. The Kier molecular flexibility index (Phi) is 5.04. The number of aromatic nitrogens is 6. The molecule has 0 spiro atoms. The van der Waals surface area contributed by atoms with Gasteiger partial charge in [0, 0.05) is 34.5 Å². The van der Waals surface area contributed by atoms with Gasteiger partial charge in [0.1, 0.15) is 16.9 Å². The third-order valence-electron chi connectivity index (χ3n) is 6.35. The molecule has 0 radical (unpaired) electrons. The first-order chi connectivity index (χ1) is 18.7. The molecule has 3 N–H and O–H groups in total. The van der Waals surface area contributed by atoms with Crippen molar-refractivity contribution in [2.75, 3.05) is 5.32 Å². The number of aromatic amines is 2. The number of hydrogen-bond donors (Lipinski definition) is 3. The van der Waals surface area contributed by atoms with E-state index in [1.54, 1.807) is 43.2 Å². The number of furan rings is 1. The van der Waals surface area contributed by atoms with Crippen molar-refractivity contribution in [1.82, 2.24) is 30.1 Å². The maximum Gasteiger partial charge on any atom is 0.255 e. The first-order valence-electron chi connectivity index (χ1n) is 11.9. The van der Waals surface area contributed by atoms with E-state index in [9.17, 15) is 4.79 Å². The molecule has 182 valence electrons. The van der Waals surface area contributed by atoms with Crippen LogP contribution in [-0.2, 0) is 0 Å². The molecule has 0 saturated carbocycles. The minimum absolute atomic E-state index is 0.202. The third-order valence-corrected chi connectivity index (χ3v) is 6.35. The summed E-state index contributed by atoms with van der Waals surface area (Å²) in [6.07, 6.45) is 8.46. The molecule has 7 aromatic rings. The van der Waals surface area contributed by atoms with Gasteiger partial charge in [-0.2, -0.15) is 5.10 Å². The number of carbonyl (C=O) groups is 1. The molecule has 0 aliphatic heterocycles. The summed E-state index contributed by atoms with van der Waals surface area (Å²) in [7, 11) is 0. The molecule has 9 heteroatoms. The number of carbonyl (C=O) groups excluding carboxylic acids is 1. The van der Waals surface area contributed by atoms with Gasteiger partial charge < -0.3 is 14.7 Å². The van der Waals surface area contributed by atoms with Crippen LogP contribution in [0.5, 0.6) is 0 Å². The number of fused-ring (bicyclic) bond motifs is 2. The van der Waals surface area contributed by atoms with Crippen molar-refractivity contribution in [3.63, 3.8) is 0 Å². The number of hydrogen-bond acceptors (Lipinski definition) is 6. The van der Waals surface area contributed by atoms with E-state index in [4.69, 9.17) is 9.40 Å². The van der Waals surface area contributed by atoms with Crippen molar-refractivity contribution in [3.8, 4) is 33.8 Å². The molecule has 6 heterocycles. The molecule has 1 aromatic carbocycles. The van der Waals surface area contributed by atoms with Crippen LogP contribution in [0.25, 0.3) is 55.8 Å². The van der Waals surface area contributed by atoms with Crippen LogP contribution >= 0.6 is 0 Å². The van der Waals surface area contributed by atoms with Gasteiger partial charge in [0.2, 0.25) is 0 Å². The Morgan fingerprint density at radius 2 is 1.87 bits per heavy atom. The van der Waals surface area contributed by atoms with E-state index in [0.29, 0.717) is 28.2 Å². The van der Waals surface area contributed by atoms with E-state index in [2.05, 4.69) is 30.5 Å². The number of nitrogens with one attached hydrogen (secondary N) is 3. The van der Waals surface area contributed by atoms with E-state index in [1.165, 1.54) is 0 Å². The summed E-state index contributed by atoms with van der Waals surface area (Å²) >= 11 is 0. The zero-order valence-corrected chi connectivity index (χ0v) is 19.8. The van der Waals surface area contributed by atoms with Crippen LogP contribution in [0, 0.1) is 0 Å². The third kappa shape index (κ3) is 3.79. The van der Waals surface area contributed by atoms with Crippen LogP contribution < -0.4 is 5.32 Å². The van der Waals surface area contributed by atoms with E-state index >= 15 is 0 Å². The number of H-pyrrole nitrogens is 2. The Labute approximate surface area is 215 Å². The van der Waals surface area contributed by atoms with E-state index in [-0.39, 0.29) is 5.91 Å². The van der Waals surface area contributed by atoms with Gasteiger partial charge in [-0.25, -0.2) is 9.97 Å². The Balaban J connectivity index is 1.25. The number of benzene rings is 1. The average Bonchev–Trinajstić information content (AvgIpc) is 3.73. The lowest BCUT2D eigenvalue weighted by molar-refractivity contribution is 0.102. The predicted molar refractivity (Wildman–Crippen MR) is 144 cm³/mol. The molecule has 9 nitrogen and oxygen atoms in total. The lowest BCUT2D eigenvalue weighted by Gasteiger charge is -2.07. The van der Waals surface area contributed by atoms with Crippen molar-refractivity contribution in [2.24, 2.45) is 0 Å². The summed E-state index contributed by atoms with van der Waals surface area (Å²) in [5.41, 5.74) is 8.34. The topological polar surface area (TPSA) is 125 Å². The molecule has 38 heavy (non-hydrogen) atoms. The van der Waals surface area contributed by atoms with E-state index in [1.807, 2.05) is 54.6 Å². The zero-order chi connectivity index (χ0) is 25.5. The van der Waals surface area contributed by atoms with Crippen molar-refractivity contribution < 1.29 is 9.21 Å². The van der Waals surface area contributed by atoms with Gasteiger partial charge in [0.25, 0.3) is 5.91 Å². The summed E-state index contributed by atoms with van der Waals surface area (Å²) in [4.78, 5) is 29.7. The Bertz CT molecular complexity index is 1920. The molecule has 0 atom stereocenters. The zero-order valence-electron chi connectivity index (χ0n) is 19.8. The molecule has 7 rings (SSSR count). The average molecular weight is 498 g/mol. The lowest BCUT2D eigenvalue weighted by Crippen LogP contribution is -2.11. The van der Waals surface area contributed by atoms with Crippen LogP contribution in [-0.4, -0.2) is 36.0 Å². The smallest absolute Gasteiger partial charge is 0.255 e. The minimum Gasteiger partial charge on any atom is -0.472 e. The second kappa shape index (κ2) is 8.82. The molecule has 0 saturated heterocycles. The number of amides is 1. The van der Waals surface area contributed by atoms with Gasteiger partial charge in [-0.15, -0.1) is 0 Å². The normalized spacial score (nSPS) is 11.3. The van der Waals surface area contributed by atoms with Crippen LogP contribution in [0.15, 0.2) is 102 Å². The quantitative estimate of drug-likeness (QED) is 0.265. The fourth-order valence-electron chi connectivity index (χ4n) is 4.51. The fourth-order valence-corrected chi connectivity index (χ4v) is 4.51. The molecule has 0 fully saturated rings. The van der Waals surface area contributed by atoms with Crippen molar-refractivity contribution in [2.45, 2.75) is 0 Å².